The Kier molecular flexibility index (Phi) is 2.95. The van der Waals surface area contributed by atoms with E-state index in [9.17, 15) is 29.4 Å². The van der Waals surface area contributed by atoms with Gasteiger partial charge in [-0.1, -0.05) is 12.2 Å². The van der Waals surface area contributed by atoms with Crippen molar-refractivity contribution in [3.8, 4) is 0 Å². The molecule has 4 heterocycles. The van der Waals surface area contributed by atoms with E-state index in [-0.39, 0.29) is 0 Å². The molecule has 4 saturated heterocycles. The van der Waals surface area contributed by atoms with Crippen molar-refractivity contribution >= 4 is 23.9 Å². The summed E-state index contributed by atoms with van der Waals surface area (Å²) in [5.74, 6) is -17.1. The highest BCUT2D eigenvalue weighted by atomic mass is 17.4. The summed E-state index contributed by atoms with van der Waals surface area (Å²) in [4.78, 5) is 66.3. The molecule has 0 amide bonds. The predicted octanol–water partition coefficient (Wildman–Crippen LogP) is -2.77. The summed E-state index contributed by atoms with van der Waals surface area (Å²) in [6.07, 6.45) is 3.75. The van der Waals surface area contributed by atoms with Crippen molar-refractivity contribution in [1.82, 2.24) is 0 Å². The highest BCUT2D eigenvalue weighted by Crippen LogP contribution is 2.59. The first kappa shape index (κ1) is 17.5. The molecule has 2 N–H and O–H groups in total. The molecule has 6 aliphatic rings. The number of hydrogen-bond acceptors (Lipinski definition) is 14. The average Bonchev–Trinajstić information content (AvgIpc) is 3.14. The Morgan fingerprint density at radius 1 is 0.759 bits per heavy atom. The number of ether oxygens (including phenoxy) is 4. The number of epoxide rings is 2. The Morgan fingerprint density at radius 3 is 1.45 bits per heavy atom. The third kappa shape index (κ3) is 1.92. The van der Waals surface area contributed by atoms with Gasteiger partial charge in [-0.25, -0.2) is 9.59 Å². The Morgan fingerprint density at radius 2 is 1.17 bits per heavy atom. The van der Waals surface area contributed by atoms with Crippen molar-refractivity contribution in [2.24, 2.45) is 23.7 Å². The minimum atomic E-state index is -2.30. The van der Waals surface area contributed by atoms with E-state index in [1.54, 1.807) is 12.2 Å². The summed E-state index contributed by atoms with van der Waals surface area (Å²) >= 11 is 0. The van der Waals surface area contributed by atoms with E-state index in [4.69, 9.17) is 9.47 Å². The number of esters is 4. The van der Waals surface area contributed by atoms with Gasteiger partial charge in [-0.2, -0.15) is 19.6 Å². The zero-order valence-corrected chi connectivity index (χ0v) is 14.0. The Balaban J connectivity index is 1.16. The lowest BCUT2D eigenvalue weighted by molar-refractivity contribution is -0.503. The van der Waals surface area contributed by atoms with E-state index in [2.05, 4.69) is 29.0 Å². The van der Waals surface area contributed by atoms with Crippen LogP contribution >= 0.6 is 0 Å². The first-order valence-corrected chi connectivity index (χ1v) is 8.44. The second-order valence-electron chi connectivity index (χ2n) is 7.35. The van der Waals surface area contributed by atoms with Gasteiger partial charge in [0.05, 0.1) is 11.8 Å². The largest absolute Gasteiger partial charge is 0.389 e. The molecule has 14 nitrogen and oxygen atoms in total. The van der Waals surface area contributed by atoms with Crippen LogP contribution in [-0.4, -0.2) is 57.6 Å². The first-order chi connectivity index (χ1) is 13.6. The van der Waals surface area contributed by atoms with Crippen molar-refractivity contribution in [2.45, 2.75) is 29.9 Å². The molecule has 6 rings (SSSR count). The molecule has 8 atom stereocenters. The summed E-state index contributed by atoms with van der Waals surface area (Å²) < 4.78 is 18.5. The van der Waals surface area contributed by atoms with E-state index in [1.807, 2.05) is 0 Å². The van der Waals surface area contributed by atoms with Crippen LogP contribution in [0.25, 0.3) is 0 Å². The lowest BCUT2D eigenvalue weighted by atomic mass is 9.83. The predicted molar refractivity (Wildman–Crippen MR) is 71.8 cm³/mol. The van der Waals surface area contributed by atoms with Gasteiger partial charge >= 0.3 is 47.4 Å². The lowest BCUT2D eigenvalue weighted by Crippen LogP contribution is -2.51. The maximum Gasteiger partial charge on any atom is 0.389 e. The number of aliphatic hydroxyl groups is 2. The molecule has 5 fully saturated rings. The van der Waals surface area contributed by atoms with Gasteiger partial charge in [-0.3, -0.25) is 19.1 Å². The third-order valence-electron chi connectivity index (χ3n) is 5.78. The molecular formula is C15H10O14. The standard InChI is InChI=1S/C15H10O14/c16-8(22-10(18)12-14(20,24-12)28-26-12)6-4-1-2-5(3-4)7(6)9(17)23-11(19)13-15(21,25-13)29-27-13/h1-2,4-7,20-21H,3H2. The van der Waals surface area contributed by atoms with Crippen molar-refractivity contribution < 1.29 is 67.9 Å². The minimum absolute atomic E-state index is 0.387. The topological polar surface area (TPSA) is 189 Å². The van der Waals surface area contributed by atoms with Crippen LogP contribution < -0.4 is 0 Å². The zero-order chi connectivity index (χ0) is 20.4. The van der Waals surface area contributed by atoms with Crippen molar-refractivity contribution in [3.05, 3.63) is 12.2 Å². The molecule has 14 heteroatoms. The molecule has 0 spiro atoms. The monoisotopic (exact) mass is 414 g/mol. The van der Waals surface area contributed by atoms with Crippen LogP contribution in [0.15, 0.2) is 12.2 Å². The molecule has 1 saturated carbocycles. The van der Waals surface area contributed by atoms with E-state index >= 15 is 0 Å². The second kappa shape index (κ2) is 4.88. The summed E-state index contributed by atoms with van der Waals surface area (Å²) in [7, 11) is 0. The fourth-order valence-electron chi connectivity index (χ4n) is 4.11. The minimum Gasteiger partial charge on any atom is -0.389 e. The van der Waals surface area contributed by atoms with Crippen LogP contribution in [0, 0.1) is 23.7 Å². The molecule has 0 aromatic rings. The molecule has 2 aliphatic carbocycles. The van der Waals surface area contributed by atoms with Gasteiger partial charge in [-0.05, 0) is 18.3 Å². The molecule has 154 valence electrons. The van der Waals surface area contributed by atoms with Gasteiger partial charge in [0.25, 0.3) is 0 Å². The maximum absolute atomic E-state index is 12.6. The summed E-state index contributed by atoms with van der Waals surface area (Å²) in [6, 6.07) is 0. The van der Waals surface area contributed by atoms with E-state index in [0.717, 1.165) is 0 Å². The first-order valence-electron chi connectivity index (χ1n) is 8.44. The maximum atomic E-state index is 12.6. The molecule has 29 heavy (non-hydrogen) atoms. The van der Waals surface area contributed by atoms with E-state index in [0.29, 0.717) is 6.42 Å². The molecular weight excluding hydrogens is 404 g/mol. The number of rotatable bonds is 4. The third-order valence-corrected chi connectivity index (χ3v) is 5.78. The normalized spacial score (nSPS) is 51.8. The van der Waals surface area contributed by atoms with Crippen LogP contribution in [0.3, 0.4) is 0 Å². The SMILES string of the molecule is O=C(OC(=O)C12OOC1(O)O2)C1C2C=CC(C2)C1C(=O)OC(=O)C12OOC1(O)O2. The number of hydrogen-bond donors (Lipinski definition) is 2. The van der Waals surface area contributed by atoms with Crippen molar-refractivity contribution in [1.29, 1.82) is 0 Å². The molecule has 0 aromatic carbocycles. The highest BCUT2D eigenvalue weighted by Gasteiger charge is 2.92. The Bertz CT molecular complexity index is 856. The van der Waals surface area contributed by atoms with Crippen LogP contribution in [0.4, 0.5) is 0 Å². The number of carbonyl (C=O) groups is 4. The number of fused-ring (bicyclic) bond motifs is 4. The molecule has 4 aliphatic heterocycles. The fraction of sp³-hybridized carbons (Fsp3) is 0.600. The van der Waals surface area contributed by atoms with Crippen LogP contribution in [0.1, 0.15) is 6.42 Å². The molecule has 8 unspecified atom stereocenters. The molecule has 0 aromatic heterocycles. The van der Waals surface area contributed by atoms with E-state index in [1.165, 1.54) is 0 Å². The smallest absolute Gasteiger partial charge is 0.389 e. The Labute approximate surface area is 158 Å². The summed E-state index contributed by atoms with van der Waals surface area (Å²) in [5.41, 5.74) is 0. The Hall–Kier alpha value is -2.30. The number of carbonyl (C=O) groups excluding carboxylic acids is 4. The summed E-state index contributed by atoms with van der Waals surface area (Å²) in [5, 5.41) is 19.0. The van der Waals surface area contributed by atoms with Crippen LogP contribution in [0.5, 0.6) is 0 Å². The average molecular weight is 414 g/mol. The number of allylic oxidation sites excluding steroid dienone is 2. The van der Waals surface area contributed by atoms with Crippen LogP contribution in [-0.2, 0) is 57.7 Å². The van der Waals surface area contributed by atoms with Crippen molar-refractivity contribution in [3.63, 3.8) is 0 Å². The van der Waals surface area contributed by atoms with Gasteiger partial charge in [0.1, 0.15) is 0 Å². The van der Waals surface area contributed by atoms with Crippen LogP contribution in [0.2, 0.25) is 0 Å². The quantitative estimate of drug-likeness (QED) is 0.158. The zero-order valence-electron chi connectivity index (χ0n) is 14.0. The molecule has 0 radical (unpaired) electrons. The van der Waals surface area contributed by atoms with Gasteiger partial charge in [0.2, 0.25) is 0 Å². The fourth-order valence-corrected chi connectivity index (χ4v) is 4.11. The second-order valence-corrected chi connectivity index (χ2v) is 7.35. The highest BCUT2D eigenvalue weighted by molar-refractivity contribution is 5.98. The van der Waals surface area contributed by atoms with Gasteiger partial charge < -0.3 is 19.7 Å². The van der Waals surface area contributed by atoms with Gasteiger partial charge in [0.15, 0.2) is 0 Å². The summed E-state index contributed by atoms with van der Waals surface area (Å²) in [6.45, 7) is 0. The lowest BCUT2D eigenvalue weighted by Gasteiger charge is -2.26. The van der Waals surface area contributed by atoms with Gasteiger partial charge in [0, 0.05) is 0 Å². The van der Waals surface area contributed by atoms with Crippen molar-refractivity contribution in [2.75, 3.05) is 0 Å². The molecule has 2 bridgehead atoms. The van der Waals surface area contributed by atoms with Gasteiger partial charge in [-0.15, -0.1) is 0 Å². The van der Waals surface area contributed by atoms with E-state index < -0.39 is 71.1 Å².